The summed E-state index contributed by atoms with van der Waals surface area (Å²) in [6.45, 7) is 10.1. The van der Waals surface area contributed by atoms with Crippen LogP contribution in [0, 0.1) is 19.8 Å². The Bertz CT molecular complexity index is 342. The van der Waals surface area contributed by atoms with Crippen molar-refractivity contribution in [3.63, 3.8) is 0 Å². The number of aliphatic hydroxyl groups is 1. The molecule has 0 radical (unpaired) electrons. The minimum absolute atomic E-state index is 0.419. The molecule has 0 bridgehead atoms. The molecule has 3 heteroatoms. The van der Waals surface area contributed by atoms with Gasteiger partial charge in [0, 0.05) is 23.5 Å². The van der Waals surface area contributed by atoms with Crippen LogP contribution in [0.5, 0.6) is 0 Å². The molecule has 1 heterocycles. The lowest BCUT2D eigenvalue weighted by Crippen LogP contribution is -2.10. The van der Waals surface area contributed by atoms with E-state index in [0.717, 1.165) is 12.1 Å². The molecule has 1 aromatic rings. The maximum Gasteiger partial charge on any atom is 0.0819 e. The molecule has 16 heavy (non-hydrogen) atoms. The molecule has 1 rings (SSSR count). The molecular weight excluding hydrogens is 200 g/mol. The lowest BCUT2D eigenvalue weighted by molar-refractivity contribution is 0.169. The molecule has 0 saturated carbocycles. The molecule has 1 aromatic heterocycles. The fourth-order valence-electron chi connectivity index (χ4n) is 2.12. The quantitative estimate of drug-likeness (QED) is 0.805. The van der Waals surface area contributed by atoms with E-state index in [0.29, 0.717) is 18.9 Å². The van der Waals surface area contributed by atoms with Crippen LogP contribution in [-0.4, -0.2) is 16.2 Å². The number of aryl methyl sites for hydroxylation is 1. The van der Waals surface area contributed by atoms with E-state index >= 15 is 0 Å². The second kappa shape index (κ2) is 5.51. The molecule has 3 nitrogen and oxygen atoms in total. The summed E-state index contributed by atoms with van der Waals surface area (Å²) in [5.74, 6) is 0.615. The number of hydrogen-bond donors (Lipinski definition) is 2. The summed E-state index contributed by atoms with van der Waals surface area (Å²) in [6, 6.07) is 2.08. The molecule has 0 aromatic carbocycles. The zero-order chi connectivity index (χ0) is 12.3. The fraction of sp³-hybridized carbons (Fsp3) is 0.692. The zero-order valence-corrected chi connectivity index (χ0v) is 10.8. The molecule has 0 fully saturated rings. The molecule has 1 unspecified atom stereocenters. The monoisotopic (exact) mass is 224 g/mol. The van der Waals surface area contributed by atoms with E-state index in [1.54, 1.807) is 0 Å². The van der Waals surface area contributed by atoms with Gasteiger partial charge in [-0.2, -0.15) is 0 Å². The van der Waals surface area contributed by atoms with Crippen molar-refractivity contribution >= 4 is 0 Å². The zero-order valence-electron chi connectivity index (χ0n) is 10.8. The summed E-state index contributed by atoms with van der Waals surface area (Å²) in [7, 11) is 0. The number of aliphatic hydroxyl groups excluding tert-OH is 1. The maximum absolute atomic E-state index is 9.98. The summed E-state index contributed by atoms with van der Waals surface area (Å²) in [4.78, 5) is 0. The lowest BCUT2D eigenvalue weighted by atomic mass is 10.1. The number of nitrogens with zero attached hydrogens (tertiary/aromatic N) is 1. The van der Waals surface area contributed by atoms with Gasteiger partial charge >= 0.3 is 0 Å². The highest BCUT2D eigenvalue weighted by atomic mass is 16.3. The van der Waals surface area contributed by atoms with Crippen LogP contribution in [0.1, 0.15) is 43.3 Å². The van der Waals surface area contributed by atoms with Gasteiger partial charge in [0.25, 0.3) is 0 Å². The van der Waals surface area contributed by atoms with Gasteiger partial charge in [0.05, 0.1) is 6.10 Å². The number of hydrogen-bond acceptors (Lipinski definition) is 2. The molecule has 3 N–H and O–H groups in total. The Balaban J connectivity index is 2.96. The van der Waals surface area contributed by atoms with Crippen molar-refractivity contribution in [2.24, 2.45) is 11.7 Å². The molecule has 0 spiro atoms. The first-order valence-corrected chi connectivity index (χ1v) is 6.02. The molecule has 0 aliphatic carbocycles. The Morgan fingerprint density at radius 1 is 1.38 bits per heavy atom. The van der Waals surface area contributed by atoms with Crippen molar-refractivity contribution in [3.8, 4) is 0 Å². The van der Waals surface area contributed by atoms with Crippen molar-refractivity contribution in [1.82, 2.24) is 4.57 Å². The predicted octanol–water partition coefficient (Wildman–Crippen LogP) is 2.14. The lowest BCUT2D eigenvalue weighted by Gasteiger charge is -2.14. The van der Waals surface area contributed by atoms with Crippen molar-refractivity contribution in [2.75, 3.05) is 6.54 Å². The Morgan fingerprint density at radius 2 is 2.00 bits per heavy atom. The van der Waals surface area contributed by atoms with E-state index in [-0.39, 0.29) is 0 Å². The van der Waals surface area contributed by atoms with E-state index in [4.69, 9.17) is 5.73 Å². The van der Waals surface area contributed by atoms with Crippen LogP contribution >= 0.6 is 0 Å². The van der Waals surface area contributed by atoms with E-state index in [9.17, 15) is 5.11 Å². The maximum atomic E-state index is 9.98. The van der Waals surface area contributed by atoms with Crippen LogP contribution in [0.3, 0.4) is 0 Å². The first-order chi connectivity index (χ1) is 7.47. The number of aromatic nitrogens is 1. The largest absolute Gasteiger partial charge is 0.388 e. The van der Waals surface area contributed by atoms with Gasteiger partial charge in [0.2, 0.25) is 0 Å². The van der Waals surface area contributed by atoms with Gasteiger partial charge in [-0.25, -0.2) is 0 Å². The molecular formula is C13H24N2O. The minimum atomic E-state index is -0.419. The fourth-order valence-corrected chi connectivity index (χ4v) is 2.12. The highest BCUT2D eigenvalue weighted by molar-refractivity contribution is 5.28. The molecule has 1 atom stereocenters. The smallest absolute Gasteiger partial charge is 0.0819 e. The molecule has 0 saturated heterocycles. The van der Waals surface area contributed by atoms with Gasteiger partial charge in [-0.3, -0.25) is 0 Å². The average Bonchev–Trinajstić information content (AvgIpc) is 2.45. The summed E-state index contributed by atoms with van der Waals surface area (Å²) < 4.78 is 2.28. The van der Waals surface area contributed by atoms with Crippen LogP contribution in [0.15, 0.2) is 6.07 Å². The molecule has 0 amide bonds. The number of rotatable bonds is 5. The molecule has 92 valence electrons. The summed E-state index contributed by atoms with van der Waals surface area (Å²) in [6.07, 6.45) is 0.212. The standard InChI is InChI=1S/C13H24N2O/c1-9(2)8-15-10(3)7-12(11(15)4)13(16)5-6-14/h7,9,13,16H,5-6,8,14H2,1-4H3. The number of nitrogens with two attached hydrogens (primary N) is 1. The molecule has 0 aliphatic rings. The van der Waals surface area contributed by atoms with Crippen molar-refractivity contribution in [3.05, 3.63) is 23.0 Å². The Labute approximate surface area is 98.3 Å². The second-order valence-electron chi connectivity index (χ2n) is 4.92. The summed E-state index contributed by atoms with van der Waals surface area (Å²) >= 11 is 0. The van der Waals surface area contributed by atoms with Gasteiger partial charge in [-0.1, -0.05) is 13.8 Å². The van der Waals surface area contributed by atoms with Crippen LogP contribution in [-0.2, 0) is 6.54 Å². The first kappa shape index (κ1) is 13.3. The van der Waals surface area contributed by atoms with E-state index < -0.39 is 6.10 Å². The normalized spacial score (nSPS) is 13.4. The van der Waals surface area contributed by atoms with E-state index in [1.165, 1.54) is 11.4 Å². The highest BCUT2D eigenvalue weighted by Gasteiger charge is 2.15. The highest BCUT2D eigenvalue weighted by Crippen LogP contribution is 2.24. The van der Waals surface area contributed by atoms with Crippen LogP contribution in [0.2, 0.25) is 0 Å². The van der Waals surface area contributed by atoms with E-state index in [1.807, 2.05) is 0 Å². The summed E-state index contributed by atoms with van der Waals surface area (Å²) in [5, 5.41) is 9.98. The van der Waals surface area contributed by atoms with Gasteiger partial charge in [0.15, 0.2) is 0 Å². The second-order valence-corrected chi connectivity index (χ2v) is 4.92. The van der Waals surface area contributed by atoms with E-state index in [2.05, 4.69) is 38.3 Å². The van der Waals surface area contributed by atoms with Crippen LogP contribution in [0.25, 0.3) is 0 Å². The Kier molecular flexibility index (Phi) is 4.56. The van der Waals surface area contributed by atoms with Crippen LogP contribution < -0.4 is 5.73 Å². The van der Waals surface area contributed by atoms with Crippen molar-refractivity contribution in [1.29, 1.82) is 0 Å². The third kappa shape index (κ3) is 2.86. The predicted molar refractivity (Wildman–Crippen MR) is 67.4 cm³/mol. The van der Waals surface area contributed by atoms with Crippen molar-refractivity contribution in [2.45, 2.75) is 46.8 Å². The van der Waals surface area contributed by atoms with Gasteiger partial charge in [0.1, 0.15) is 0 Å². The minimum Gasteiger partial charge on any atom is -0.388 e. The van der Waals surface area contributed by atoms with Gasteiger partial charge < -0.3 is 15.4 Å². The van der Waals surface area contributed by atoms with Gasteiger partial charge in [-0.05, 0) is 38.8 Å². The first-order valence-electron chi connectivity index (χ1n) is 6.02. The van der Waals surface area contributed by atoms with Crippen molar-refractivity contribution < 1.29 is 5.11 Å². The molecule has 0 aliphatic heterocycles. The average molecular weight is 224 g/mol. The SMILES string of the molecule is Cc1cc(C(O)CCN)c(C)n1CC(C)C. The summed E-state index contributed by atoms with van der Waals surface area (Å²) in [5.41, 5.74) is 8.90. The third-order valence-electron chi connectivity index (χ3n) is 2.96. The Hall–Kier alpha value is -0.800. The topological polar surface area (TPSA) is 51.2 Å². The van der Waals surface area contributed by atoms with Crippen LogP contribution in [0.4, 0.5) is 0 Å². The third-order valence-corrected chi connectivity index (χ3v) is 2.96. The Morgan fingerprint density at radius 3 is 2.50 bits per heavy atom. The van der Waals surface area contributed by atoms with Gasteiger partial charge in [-0.15, -0.1) is 0 Å².